The molecule has 0 saturated carbocycles. The second-order valence-corrected chi connectivity index (χ2v) is 9.93. The number of hydrogen-bond donors (Lipinski definition) is 2. The van der Waals surface area contributed by atoms with Crippen LogP contribution < -0.4 is 10.0 Å². The van der Waals surface area contributed by atoms with Crippen molar-refractivity contribution in [2.24, 2.45) is 10.9 Å². The van der Waals surface area contributed by atoms with Crippen LogP contribution in [0.3, 0.4) is 0 Å². The van der Waals surface area contributed by atoms with Crippen LogP contribution in [0.4, 0.5) is 5.13 Å². The number of anilines is 1. The van der Waals surface area contributed by atoms with Crippen molar-refractivity contribution in [2.75, 3.05) is 5.32 Å². The Hall–Kier alpha value is -2.78. The van der Waals surface area contributed by atoms with Gasteiger partial charge in [-0.1, -0.05) is 43.4 Å². The third-order valence-corrected chi connectivity index (χ3v) is 6.94. The average Bonchev–Trinajstić information content (AvgIpc) is 3.16. The monoisotopic (exact) mass is 428 g/mol. The Morgan fingerprint density at radius 1 is 1.21 bits per heavy atom. The van der Waals surface area contributed by atoms with Gasteiger partial charge >= 0.3 is 0 Å². The van der Waals surface area contributed by atoms with E-state index in [0.717, 1.165) is 15.8 Å². The Balaban J connectivity index is 1.64. The summed E-state index contributed by atoms with van der Waals surface area (Å²) in [6, 6.07) is 11.7. The molecule has 2 heterocycles. The van der Waals surface area contributed by atoms with Crippen molar-refractivity contribution in [1.82, 2.24) is 9.71 Å². The highest BCUT2D eigenvalue weighted by molar-refractivity contribution is 7.90. The first-order valence-electron chi connectivity index (χ1n) is 9.13. The zero-order chi connectivity index (χ0) is 20.8. The zero-order valence-corrected chi connectivity index (χ0v) is 17.8. The number of thiazole rings is 1. The third-order valence-electron chi connectivity index (χ3n) is 4.61. The van der Waals surface area contributed by atoms with Gasteiger partial charge in [-0.05, 0) is 42.7 Å². The number of aryl methyl sites for hydroxylation is 1. The molecule has 29 heavy (non-hydrogen) atoms. The molecule has 0 unspecified atom stereocenters. The van der Waals surface area contributed by atoms with Crippen LogP contribution in [0, 0.1) is 12.8 Å². The Morgan fingerprint density at radius 3 is 2.72 bits per heavy atom. The van der Waals surface area contributed by atoms with Crippen molar-refractivity contribution in [3.63, 3.8) is 0 Å². The quantitative estimate of drug-likeness (QED) is 0.666. The highest BCUT2D eigenvalue weighted by Gasteiger charge is 2.32. The van der Waals surface area contributed by atoms with Crippen molar-refractivity contribution >= 4 is 48.5 Å². The molecule has 1 aliphatic heterocycles. The van der Waals surface area contributed by atoms with Crippen molar-refractivity contribution in [3.05, 3.63) is 53.6 Å². The van der Waals surface area contributed by atoms with E-state index in [1.165, 1.54) is 17.4 Å². The SMILES string of the molecule is Cc1ccc2nc(NC(=O)[C@@H](N=C3NS(=O)(=O)c4ccccc43)C(C)C)sc2c1. The molecule has 1 atom stereocenters. The number of carbonyl (C=O) groups is 1. The van der Waals surface area contributed by atoms with Gasteiger partial charge < -0.3 is 5.32 Å². The van der Waals surface area contributed by atoms with Crippen molar-refractivity contribution < 1.29 is 13.2 Å². The Morgan fingerprint density at radius 2 is 1.97 bits per heavy atom. The Labute approximate surface area is 172 Å². The predicted molar refractivity (Wildman–Crippen MR) is 115 cm³/mol. The van der Waals surface area contributed by atoms with Crippen molar-refractivity contribution in [2.45, 2.75) is 31.7 Å². The number of sulfonamides is 1. The van der Waals surface area contributed by atoms with E-state index < -0.39 is 16.1 Å². The maximum Gasteiger partial charge on any atom is 0.263 e. The van der Waals surface area contributed by atoms with Crippen LogP contribution in [0.25, 0.3) is 10.2 Å². The first kappa shape index (κ1) is 19.5. The fourth-order valence-electron chi connectivity index (χ4n) is 3.14. The lowest BCUT2D eigenvalue weighted by Gasteiger charge is -2.16. The molecule has 1 aromatic heterocycles. The maximum atomic E-state index is 12.9. The molecule has 0 bridgehead atoms. The number of aliphatic imine (C=N–C) groups is 1. The summed E-state index contributed by atoms with van der Waals surface area (Å²) < 4.78 is 28.1. The van der Waals surface area contributed by atoms with Crippen LogP contribution >= 0.6 is 11.3 Å². The van der Waals surface area contributed by atoms with Gasteiger partial charge in [-0.3, -0.25) is 14.5 Å². The lowest BCUT2D eigenvalue weighted by Crippen LogP contribution is -2.34. The van der Waals surface area contributed by atoms with E-state index >= 15 is 0 Å². The lowest BCUT2D eigenvalue weighted by molar-refractivity contribution is -0.118. The summed E-state index contributed by atoms with van der Waals surface area (Å²) in [6.07, 6.45) is 0. The fourth-order valence-corrected chi connectivity index (χ4v) is 5.35. The summed E-state index contributed by atoms with van der Waals surface area (Å²) in [5.74, 6) is -0.280. The number of hydrogen-bond acceptors (Lipinski definition) is 6. The number of nitrogens with zero attached hydrogens (tertiary/aromatic N) is 2. The van der Waals surface area contributed by atoms with Gasteiger partial charge in [0.1, 0.15) is 11.9 Å². The summed E-state index contributed by atoms with van der Waals surface area (Å²) >= 11 is 1.40. The third kappa shape index (κ3) is 3.75. The molecule has 9 heteroatoms. The number of amidine groups is 1. The minimum Gasteiger partial charge on any atom is -0.300 e. The van der Waals surface area contributed by atoms with E-state index in [4.69, 9.17) is 0 Å². The van der Waals surface area contributed by atoms with Crippen LogP contribution in [0.2, 0.25) is 0 Å². The van der Waals surface area contributed by atoms with Gasteiger partial charge in [0.2, 0.25) is 0 Å². The first-order chi connectivity index (χ1) is 13.7. The summed E-state index contributed by atoms with van der Waals surface area (Å²) in [4.78, 5) is 22.0. The second-order valence-electron chi connectivity index (χ2n) is 7.25. The van der Waals surface area contributed by atoms with Crippen LogP contribution in [-0.2, 0) is 14.8 Å². The lowest BCUT2D eigenvalue weighted by atomic mass is 10.0. The van der Waals surface area contributed by atoms with Crippen LogP contribution in [-0.4, -0.2) is 31.2 Å². The smallest absolute Gasteiger partial charge is 0.263 e. The minimum atomic E-state index is -3.65. The number of amides is 1. The van der Waals surface area contributed by atoms with E-state index in [1.54, 1.807) is 18.2 Å². The van der Waals surface area contributed by atoms with Crippen molar-refractivity contribution in [3.8, 4) is 0 Å². The number of fused-ring (bicyclic) bond motifs is 2. The summed E-state index contributed by atoms with van der Waals surface area (Å²) in [5, 5.41) is 3.33. The predicted octanol–water partition coefficient (Wildman–Crippen LogP) is 3.31. The summed E-state index contributed by atoms with van der Waals surface area (Å²) in [7, 11) is -3.65. The number of carbonyl (C=O) groups excluding carboxylic acids is 1. The highest BCUT2D eigenvalue weighted by Crippen LogP contribution is 2.28. The molecule has 0 saturated heterocycles. The second kappa shape index (κ2) is 7.23. The minimum absolute atomic E-state index is 0.142. The maximum absolute atomic E-state index is 12.9. The molecule has 150 valence electrons. The van der Waals surface area contributed by atoms with Crippen LogP contribution in [0.15, 0.2) is 52.4 Å². The van der Waals surface area contributed by atoms with Gasteiger partial charge in [0.25, 0.3) is 15.9 Å². The van der Waals surface area contributed by atoms with Crippen LogP contribution in [0.5, 0.6) is 0 Å². The van der Waals surface area contributed by atoms with Gasteiger partial charge in [0.15, 0.2) is 5.13 Å². The molecular formula is C20H20N4O3S2. The van der Waals surface area contributed by atoms with Gasteiger partial charge in [0.05, 0.1) is 15.1 Å². The topological polar surface area (TPSA) is 101 Å². The molecule has 1 aliphatic rings. The number of nitrogens with one attached hydrogen (secondary N) is 2. The molecule has 7 nitrogen and oxygen atoms in total. The molecule has 0 fully saturated rings. The number of aromatic nitrogens is 1. The molecule has 0 aliphatic carbocycles. The first-order valence-corrected chi connectivity index (χ1v) is 11.4. The summed E-state index contributed by atoms with van der Waals surface area (Å²) in [6.45, 7) is 5.74. The van der Waals surface area contributed by atoms with E-state index in [-0.39, 0.29) is 22.6 Å². The van der Waals surface area contributed by atoms with E-state index in [9.17, 15) is 13.2 Å². The normalized spacial score (nSPS) is 17.3. The molecule has 0 spiro atoms. The van der Waals surface area contributed by atoms with Gasteiger partial charge in [-0.25, -0.2) is 13.4 Å². The number of rotatable bonds is 4. The van der Waals surface area contributed by atoms with E-state index in [1.807, 2.05) is 39.0 Å². The van der Waals surface area contributed by atoms with Crippen molar-refractivity contribution in [1.29, 1.82) is 0 Å². The fraction of sp³-hybridized carbons (Fsp3) is 0.250. The molecule has 2 aromatic carbocycles. The molecular weight excluding hydrogens is 408 g/mol. The van der Waals surface area contributed by atoms with Gasteiger partial charge in [-0.15, -0.1) is 0 Å². The van der Waals surface area contributed by atoms with Gasteiger partial charge in [-0.2, -0.15) is 0 Å². The molecule has 1 amide bonds. The Kier molecular flexibility index (Phi) is 4.87. The molecule has 2 N–H and O–H groups in total. The van der Waals surface area contributed by atoms with E-state index in [0.29, 0.717) is 10.7 Å². The standard InChI is InChI=1S/C20H20N4O3S2/c1-11(2)17(22-18-13-6-4-5-7-16(13)29(26,27)24-18)19(25)23-20-21-14-9-8-12(3)10-15(14)28-20/h4-11,17H,1-3H3,(H,22,24)(H,21,23,25)/t17-/m0/s1. The van der Waals surface area contributed by atoms with Crippen LogP contribution in [0.1, 0.15) is 25.0 Å². The highest BCUT2D eigenvalue weighted by atomic mass is 32.2. The van der Waals surface area contributed by atoms with Gasteiger partial charge in [0, 0.05) is 5.56 Å². The summed E-state index contributed by atoms with van der Waals surface area (Å²) in [5.41, 5.74) is 2.42. The molecule has 3 aromatic rings. The van der Waals surface area contributed by atoms with E-state index in [2.05, 4.69) is 20.0 Å². The Bertz CT molecular complexity index is 1250. The average molecular weight is 429 g/mol. The zero-order valence-electron chi connectivity index (χ0n) is 16.1. The molecule has 4 rings (SSSR count). The molecule has 0 radical (unpaired) electrons. The number of benzene rings is 2. The largest absolute Gasteiger partial charge is 0.300 e.